The van der Waals surface area contributed by atoms with Gasteiger partial charge in [-0.15, -0.1) is 0 Å². The van der Waals surface area contributed by atoms with E-state index < -0.39 is 0 Å². The quantitative estimate of drug-likeness (QED) is 0.614. The first-order valence-corrected chi connectivity index (χ1v) is 6.23. The molecule has 1 aromatic rings. The molecule has 1 aliphatic carbocycles. The minimum atomic E-state index is 0.0141. The van der Waals surface area contributed by atoms with E-state index in [1.807, 2.05) is 24.3 Å². The highest BCUT2D eigenvalue weighted by Crippen LogP contribution is 2.36. The van der Waals surface area contributed by atoms with Gasteiger partial charge in [-0.25, -0.2) is 0 Å². The fourth-order valence-electron chi connectivity index (χ4n) is 2.56. The van der Waals surface area contributed by atoms with E-state index in [0.29, 0.717) is 12.5 Å². The maximum Gasteiger partial charge on any atom is 0.161 e. The Morgan fingerprint density at radius 1 is 1.24 bits per heavy atom. The molecule has 1 fully saturated rings. The number of hydrogen-bond donors (Lipinski definition) is 2. The second-order valence-corrected chi connectivity index (χ2v) is 4.80. The van der Waals surface area contributed by atoms with Crippen LogP contribution in [0, 0.1) is 5.92 Å². The molecule has 1 saturated carbocycles. The van der Waals surface area contributed by atoms with Crippen LogP contribution in [0.5, 0.6) is 11.5 Å². The first kappa shape index (κ1) is 10.9. The number of para-hydroxylation sites is 2. The molecule has 2 unspecified atom stereocenters. The van der Waals surface area contributed by atoms with E-state index >= 15 is 0 Å². The smallest absolute Gasteiger partial charge is 0.161 e. The number of ether oxygens (including phenoxy) is 2. The molecule has 92 valence electrons. The molecular weight excluding hydrogens is 216 g/mol. The van der Waals surface area contributed by atoms with E-state index in [-0.39, 0.29) is 12.1 Å². The van der Waals surface area contributed by atoms with Crippen LogP contribution in [0.2, 0.25) is 0 Å². The summed E-state index contributed by atoms with van der Waals surface area (Å²) in [6, 6.07) is 7.97. The van der Waals surface area contributed by atoms with E-state index in [2.05, 4.69) is 5.43 Å². The minimum Gasteiger partial charge on any atom is -0.486 e. The molecule has 3 rings (SSSR count). The summed E-state index contributed by atoms with van der Waals surface area (Å²) < 4.78 is 11.7. The Morgan fingerprint density at radius 3 is 2.65 bits per heavy atom. The van der Waals surface area contributed by atoms with Crippen molar-refractivity contribution in [2.45, 2.75) is 31.4 Å². The largest absolute Gasteiger partial charge is 0.486 e. The lowest BCUT2D eigenvalue weighted by molar-refractivity contribution is 0.0282. The topological polar surface area (TPSA) is 56.5 Å². The predicted octanol–water partition coefficient (Wildman–Crippen LogP) is 1.46. The second-order valence-electron chi connectivity index (χ2n) is 4.80. The van der Waals surface area contributed by atoms with Crippen LogP contribution < -0.4 is 20.7 Å². The molecule has 4 heteroatoms. The van der Waals surface area contributed by atoms with Crippen molar-refractivity contribution < 1.29 is 9.47 Å². The zero-order valence-electron chi connectivity index (χ0n) is 9.76. The van der Waals surface area contributed by atoms with Crippen LogP contribution >= 0.6 is 0 Å². The van der Waals surface area contributed by atoms with E-state index in [4.69, 9.17) is 15.3 Å². The first-order valence-electron chi connectivity index (χ1n) is 6.23. The molecule has 1 aromatic carbocycles. The number of fused-ring (bicyclic) bond motifs is 1. The average molecular weight is 234 g/mol. The zero-order valence-corrected chi connectivity index (χ0v) is 9.76. The maximum atomic E-state index is 5.97. The first-order chi connectivity index (χ1) is 8.38. The number of hydrazine groups is 1. The van der Waals surface area contributed by atoms with Gasteiger partial charge in [0.15, 0.2) is 11.5 Å². The van der Waals surface area contributed by atoms with Crippen molar-refractivity contribution in [3.63, 3.8) is 0 Å². The molecule has 4 nitrogen and oxygen atoms in total. The Balaban J connectivity index is 1.73. The molecule has 17 heavy (non-hydrogen) atoms. The van der Waals surface area contributed by atoms with Gasteiger partial charge in [-0.1, -0.05) is 18.6 Å². The highest BCUT2D eigenvalue weighted by molar-refractivity contribution is 5.40. The Bertz CT molecular complexity index is 393. The Labute approximate surface area is 101 Å². The van der Waals surface area contributed by atoms with Gasteiger partial charge < -0.3 is 9.47 Å². The van der Waals surface area contributed by atoms with Crippen molar-refractivity contribution in [2.24, 2.45) is 11.8 Å². The zero-order chi connectivity index (χ0) is 11.7. The van der Waals surface area contributed by atoms with Gasteiger partial charge in [0.05, 0.1) is 6.04 Å². The van der Waals surface area contributed by atoms with Crippen LogP contribution in [-0.4, -0.2) is 18.8 Å². The fraction of sp³-hybridized carbons (Fsp3) is 0.538. The van der Waals surface area contributed by atoms with Crippen molar-refractivity contribution in [3.8, 4) is 11.5 Å². The van der Waals surface area contributed by atoms with Crippen molar-refractivity contribution in [1.29, 1.82) is 0 Å². The van der Waals surface area contributed by atoms with Gasteiger partial charge in [-0.2, -0.15) is 0 Å². The van der Waals surface area contributed by atoms with Gasteiger partial charge >= 0.3 is 0 Å². The van der Waals surface area contributed by atoms with E-state index in [1.165, 1.54) is 19.3 Å². The van der Waals surface area contributed by atoms with E-state index in [1.54, 1.807) is 0 Å². The van der Waals surface area contributed by atoms with Crippen molar-refractivity contribution in [1.82, 2.24) is 5.43 Å². The lowest BCUT2D eigenvalue weighted by Gasteiger charge is -2.39. The molecule has 1 aliphatic heterocycles. The maximum absolute atomic E-state index is 5.97. The van der Waals surface area contributed by atoms with Crippen molar-refractivity contribution in [2.75, 3.05) is 6.61 Å². The Morgan fingerprint density at radius 2 is 2.00 bits per heavy atom. The normalized spacial score (nSPS) is 25.1. The highest BCUT2D eigenvalue weighted by Gasteiger charge is 2.36. The number of nitrogens with two attached hydrogens (primary N) is 1. The predicted molar refractivity (Wildman–Crippen MR) is 64.8 cm³/mol. The molecule has 0 saturated heterocycles. The standard InChI is InChI=1S/C13H18N2O2/c14-15-13(9-4-3-5-9)12-8-16-10-6-1-2-7-11(10)17-12/h1-2,6-7,9,12-13,15H,3-5,8,14H2. The van der Waals surface area contributed by atoms with Crippen LogP contribution in [0.25, 0.3) is 0 Å². The van der Waals surface area contributed by atoms with Gasteiger partial charge in [-0.3, -0.25) is 11.3 Å². The van der Waals surface area contributed by atoms with Gasteiger partial charge in [0, 0.05) is 0 Å². The summed E-state index contributed by atoms with van der Waals surface area (Å²) in [5.41, 5.74) is 2.90. The third kappa shape index (κ3) is 1.98. The van der Waals surface area contributed by atoms with Crippen LogP contribution in [-0.2, 0) is 0 Å². The van der Waals surface area contributed by atoms with Crippen molar-refractivity contribution >= 4 is 0 Å². The molecular formula is C13H18N2O2. The van der Waals surface area contributed by atoms with E-state index in [0.717, 1.165) is 11.5 Å². The lowest BCUT2D eigenvalue weighted by atomic mass is 9.78. The molecule has 0 amide bonds. The minimum absolute atomic E-state index is 0.0141. The van der Waals surface area contributed by atoms with Crippen LogP contribution in [0.3, 0.4) is 0 Å². The lowest BCUT2D eigenvalue weighted by Crippen LogP contribution is -2.55. The summed E-state index contributed by atoms with van der Waals surface area (Å²) >= 11 is 0. The molecule has 0 bridgehead atoms. The summed E-state index contributed by atoms with van der Waals surface area (Å²) in [6.07, 6.45) is 3.78. The summed E-state index contributed by atoms with van der Waals surface area (Å²) in [7, 11) is 0. The monoisotopic (exact) mass is 234 g/mol. The molecule has 2 atom stereocenters. The Kier molecular flexibility index (Phi) is 2.91. The van der Waals surface area contributed by atoms with Crippen molar-refractivity contribution in [3.05, 3.63) is 24.3 Å². The molecule has 2 aliphatic rings. The van der Waals surface area contributed by atoms with Gasteiger partial charge in [-0.05, 0) is 30.9 Å². The molecule has 0 aromatic heterocycles. The molecule has 0 spiro atoms. The van der Waals surface area contributed by atoms with Gasteiger partial charge in [0.2, 0.25) is 0 Å². The third-order valence-electron chi connectivity index (χ3n) is 3.78. The van der Waals surface area contributed by atoms with Crippen LogP contribution in [0.15, 0.2) is 24.3 Å². The second kappa shape index (κ2) is 4.55. The Hall–Kier alpha value is -1.26. The number of benzene rings is 1. The third-order valence-corrected chi connectivity index (χ3v) is 3.78. The summed E-state index contributed by atoms with van der Waals surface area (Å²) in [4.78, 5) is 0. The molecule has 0 radical (unpaired) electrons. The van der Waals surface area contributed by atoms with E-state index in [9.17, 15) is 0 Å². The van der Waals surface area contributed by atoms with Gasteiger partial charge in [0.1, 0.15) is 12.7 Å². The highest BCUT2D eigenvalue weighted by atomic mass is 16.6. The SMILES string of the molecule is NNC(C1CCC1)C1COc2ccccc2O1. The summed E-state index contributed by atoms with van der Waals surface area (Å²) in [6.45, 7) is 0.572. The number of hydrogen-bond acceptors (Lipinski definition) is 4. The summed E-state index contributed by atoms with van der Waals surface area (Å²) in [5, 5.41) is 0. The molecule has 3 N–H and O–H groups in total. The average Bonchev–Trinajstić information content (AvgIpc) is 2.33. The van der Waals surface area contributed by atoms with Gasteiger partial charge in [0.25, 0.3) is 0 Å². The number of rotatable bonds is 3. The van der Waals surface area contributed by atoms with Crippen LogP contribution in [0.1, 0.15) is 19.3 Å². The molecule has 1 heterocycles. The summed E-state index contributed by atoms with van der Waals surface area (Å²) in [5.74, 6) is 7.92. The fourth-order valence-corrected chi connectivity index (χ4v) is 2.56. The van der Waals surface area contributed by atoms with Crippen LogP contribution in [0.4, 0.5) is 0 Å². The number of nitrogens with one attached hydrogen (secondary N) is 1.